The largest absolute Gasteiger partial charge is 0.352 e. The highest BCUT2D eigenvalue weighted by atomic mass is 32.2. The first-order valence-electron chi connectivity index (χ1n) is 7.60. The number of hydrogen-bond acceptors (Lipinski definition) is 4. The third-order valence-electron chi connectivity index (χ3n) is 3.94. The molecule has 6 heteroatoms. The van der Waals surface area contributed by atoms with Crippen molar-refractivity contribution in [3.8, 4) is 0 Å². The summed E-state index contributed by atoms with van der Waals surface area (Å²) in [7, 11) is 1.89. The van der Waals surface area contributed by atoms with E-state index in [1.165, 1.54) is 24.6 Å². The van der Waals surface area contributed by atoms with E-state index in [2.05, 4.69) is 15.5 Å². The van der Waals surface area contributed by atoms with E-state index in [9.17, 15) is 4.79 Å². The van der Waals surface area contributed by atoms with Crippen LogP contribution >= 0.6 is 11.8 Å². The summed E-state index contributed by atoms with van der Waals surface area (Å²) in [6.45, 7) is 0. The van der Waals surface area contributed by atoms with Gasteiger partial charge < -0.3 is 9.88 Å². The molecule has 1 fully saturated rings. The Balaban J connectivity index is 1.79. The van der Waals surface area contributed by atoms with E-state index in [1.54, 1.807) is 6.33 Å². The van der Waals surface area contributed by atoms with E-state index < -0.39 is 0 Å². The smallest absolute Gasteiger partial charge is 0.238 e. The van der Waals surface area contributed by atoms with Gasteiger partial charge in [0.25, 0.3) is 0 Å². The minimum Gasteiger partial charge on any atom is -0.352 e. The molecule has 1 atom stereocenters. The third-order valence-corrected chi connectivity index (χ3v) is 5.24. The summed E-state index contributed by atoms with van der Waals surface area (Å²) in [6.07, 6.45) is 6.23. The molecule has 1 saturated carbocycles. The average molecular weight is 316 g/mol. The van der Waals surface area contributed by atoms with E-state index in [0.717, 1.165) is 23.6 Å². The summed E-state index contributed by atoms with van der Waals surface area (Å²) in [5.74, 6) is 0.0612. The van der Waals surface area contributed by atoms with Crippen LogP contribution in [-0.2, 0) is 11.8 Å². The predicted molar refractivity (Wildman–Crippen MR) is 86.4 cm³/mol. The Morgan fingerprint density at radius 1 is 1.32 bits per heavy atom. The fourth-order valence-corrected chi connectivity index (χ4v) is 3.72. The van der Waals surface area contributed by atoms with Gasteiger partial charge in [0.05, 0.1) is 0 Å². The van der Waals surface area contributed by atoms with E-state index in [1.807, 2.05) is 41.9 Å². The number of rotatable bonds is 5. The second-order valence-electron chi connectivity index (χ2n) is 5.62. The van der Waals surface area contributed by atoms with Crippen LogP contribution in [0.2, 0.25) is 0 Å². The Morgan fingerprint density at radius 3 is 2.68 bits per heavy atom. The number of benzene rings is 1. The summed E-state index contributed by atoms with van der Waals surface area (Å²) in [5.41, 5.74) is 0.992. The lowest BCUT2D eigenvalue weighted by Gasteiger charge is -2.19. The van der Waals surface area contributed by atoms with Gasteiger partial charge in [-0.05, 0) is 18.4 Å². The molecule has 3 rings (SSSR count). The molecule has 0 saturated heterocycles. The molecule has 0 radical (unpaired) electrons. The van der Waals surface area contributed by atoms with E-state index in [4.69, 9.17) is 0 Å². The second kappa shape index (κ2) is 6.96. The van der Waals surface area contributed by atoms with E-state index in [-0.39, 0.29) is 11.2 Å². The fraction of sp³-hybridized carbons (Fsp3) is 0.438. The Bertz CT molecular complexity index is 622. The standard InChI is InChI=1S/C16H20N4OS/c1-20-11-17-19-16(20)22-14(12-7-3-2-4-8-12)15(21)18-13-9-5-6-10-13/h2-4,7-8,11,13-14H,5-6,9-10H2,1H3,(H,18,21)/t14-/m1/s1. The Hall–Kier alpha value is -1.82. The molecule has 1 aromatic carbocycles. The van der Waals surface area contributed by atoms with Gasteiger partial charge in [-0.1, -0.05) is 54.9 Å². The summed E-state index contributed by atoms with van der Waals surface area (Å²) < 4.78 is 1.84. The van der Waals surface area contributed by atoms with Crippen molar-refractivity contribution in [1.82, 2.24) is 20.1 Å². The Kier molecular flexibility index (Phi) is 4.77. The SMILES string of the molecule is Cn1cnnc1S[C@@H](C(=O)NC1CCCC1)c1ccccc1. The first-order valence-corrected chi connectivity index (χ1v) is 8.48. The number of aromatic nitrogens is 3. The summed E-state index contributed by atoms with van der Waals surface area (Å²) in [6, 6.07) is 10.2. The molecule has 1 heterocycles. The van der Waals surface area contributed by atoms with Gasteiger partial charge in [-0.25, -0.2) is 0 Å². The van der Waals surface area contributed by atoms with Crippen molar-refractivity contribution in [2.45, 2.75) is 42.1 Å². The number of nitrogens with one attached hydrogen (secondary N) is 1. The highest BCUT2D eigenvalue weighted by molar-refractivity contribution is 8.00. The molecule has 2 aromatic rings. The molecule has 22 heavy (non-hydrogen) atoms. The Labute approximate surface area is 134 Å². The molecule has 0 spiro atoms. The number of nitrogens with zero attached hydrogens (tertiary/aromatic N) is 3. The number of carbonyl (C=O) groups is 1. The maximum atomic E-state index is 12.7. The zero-order valence-electron chi connectivity index (χ0n) is 12.6. The maximum Gasteiger partial charge on any atom is 0.238 e. The van der Waals surface area contributed by atoms with Crippen LogP contribution in [0.1, 0.15) is 36.5 Å². The summed E-state index contributed by atoms with van der Waals surface area (Å²) >= 11 is 1.44. The molecule has 1 aliphatic carbocycles. The van der Waals surface area contributed by atoms with Crippen molar-refractivity contribution in [3.05, 3.63) is 42.2 Å². The predicted octanol–water partition coefficient (Wildman–Crippen LogP) is 2.71. The van der Waals surface area contributed by atoms with Crippen molar-refractivity contribution in [2.75, 3.05) is 0 Å². The van der Waals surface area contributed by atoms with E-state index in [0.29, 0.717) is 6.04 Å². The second-order valence-corrected chi connectivity index (χ2v) is 6.70. The zero-order valence-corrected chi connectivity index (χ0v) is 13.4. The van der Waals surface area contributed by atoms with Gasteiger partial charge in [0, 0.05) is 13.1 Å². The van der Waals surface area contributed by atoms with Gasteiger partial charge in [0.2, 0.25) is 5.91 Å². The fourth-order valence-electron chi connectivity index (χ4n) is 2.73. The van der Waals surface area contributed by atoms with Crippen LogP contribution in [0.15, 0.2) is 41.8 Å². The lowest BCUT2D eigenvalue weighted by atomic mass is 10.1. The summed E-state index contributed by atoms with van der Waals surface area (Å²) in [4.78, 5) is 12.7. The van der Waals surface area contributed by atoms with Crippen LogP contribution in [0.5, 0.6) is 0 Å². The molecule has 116 valence electrons. The maximum absolute atomic E-state index is 12.7. The van der Waals surface area contributed by atoms with Gasteiger partial charge in [-0.2, -0.15) is 0 Å². The first kappa shape index (κ1) is 15.1. The topological polar surface area (TPSA) is 59.8 Å². The monoisotopic (exact) mass is 316 g/mol. The van der Waals surface area contributed by atoms with Crippen molar-refractivity contribution in [2.24, 2.45) is 7.05 Å². The van der Waals surface area contributed by atoms with Crippen LogP contribution in [-0.4, -0.2) is 26.7 Å². The van der Waals surface area contributed by atoms with Gasteiger partial charge >= 0.3 is 0 Å². The molecular weight excluding hydrogens is 296 g/mol. The normalized spacial score (nSPS) is 16.6. The van der Waals surface area contributed by atoms with Crippen molar-refractivity contribution in [1.29, 1.82) is 0 Å². The van der Waals surface area contributed by atoms with Gasteiger partial charge in [-0.15, -0.1) is 10.2 Å². The lowest BCUT2D eigenvalue weighted by molar-refractivity contribution is -0.121. The highest BCUT2D eigenvalue weighted by Crippen LogP contribution is 2.34. The van der Waals surface area contributed by atoms with Crippen LogP contribution in [0.3, 0.4) is 0 Å². The van der Waals surface area contributed by atoms with Crippen LogP contribution in [0.25, 0.3) is 0 Å². The number of amides is 1. The van der Waals surface area contributed by atoms with Crippen molar-refractivity contribution >= 4 is 17.7 Å². The molecule has 0 aliphatic heterocycles. The van der Waals surface area contributed by atoms with Gasteiger partial charge in [0.15, 0.2) is 5.16 Å². The molecule has 0 bridgehead atoms. The summed E-state index contributed by atoms with van der Waals surface area (Å²) in [5, 5.41) is 11.6. The molecular formula is C16H20N4OS. The molecule has 1 N–H and O–H groups in total. The molecule has 1 amide bonds. The van der Waals surface area contributed by atoms with Crippen LogP contribution in [0.4, 0.5) is 0 Å². The Morgan fingerprint density at radius 2 is 2.05 bits per heavy atom. The molecule has 1 aliphatic rings. The van der Waals surface area contributed by atoms with Crippen LogP contribution < -0.4 is 5.32 Å². The quantitative estimate of drug-likeness (QED) is 0.862. The minimum atomic E-state index is -0.301. The molecule has 5 nitrogen and oxygen atoms in total. The van der Waals surface area contributed by atoms with Crippen molar-refractivity contribution < 1.29 is 4.79 Å². The number of aryl methyl sites for hydroxylation is 1. The number of thioether (sulfide) groups is 1. The van der Waals surface area contributed by atoms with E-state index >= 15 is 0 Å². The highest BCUT2D eigenvalue weighted by Gasteiger charge is 2.27. The number of carbonyl (C=O) groups excluding carboxylic acids is 1. The minimum absolute atomic E-state index is 0.0612. The number of hydrogen-bond donors (Lipinski definition) is 1. The van der Waals surface area contributed by atoms with Crippen molar-refractivity contribution in [3.63, 3.8) is 0 Å². The lowest BCUT2D eigenvalue weighted by Crippen LogP contribution is -2.35. The van der Waals surface area contributed by atoms with Crippen LogP contribution in [0, 0.1) is 0 Å². The zero-order chi connectivity index (χ0) is 15.4. The van der Waals surface area contributed by atoms with Gasteiger partial charge in [0.1, 0.15) is 11.6 Å². The molecule has 1 aromatic heterocycles. The molecule has 0 unspecified atom stereocenters. The van der Waals surface area contributed by atoms with Gasteiger partial charge in [-0.3, -0.25) is 4.79 Å². The average Bonchev–Trinajstić information content (AvgIpc) is 3.17. The third kappa shape index (κ3) is 3.50. The first-order chi connectivity index (χ1) is 10.7.